The van der Waals surface area contributed by atoms with E-state index in [1.165, 1.54) is 19.3 Å². The summed E-state index contributed by atoms with van der Waals surface area (Å²) >= 11 is 0. The van der Waals surface area contributed by atoms with Crippen molar-refractivity contribution in [3.63, 3.8) is 0 Å². The third-order valence-corrected chi connectivity index (χ3v) is 3.62. The highest BCUT2D eigenvalue weighted by molar-refractivity contribution is 5.85. The molecule has 2 unspecified atom stereocenters. The van der Waals surface area contributed by atoms with Gasteiger partial charge in [-0.3, -0.25) is 4.79 Å². The minimum Gasteiger partial charge on any atom is -0.396 e. The Morgan fingerprint density at radius 3 is 2.53 bits per heavy atom. The van der Waals surface area contributed by atoms with Crippen LogP contribution in [-0.2, 0) is 4.79 Å². The van der Waals surface area contributed by atoms with Crippen LogP contribution in [0.25, 0.3) is 0 Å². The van der Waals surface area contributed by atoms with Crippen molar-refractivity contribution in [3.8, 4) is 0 Å². The molecule has 2 aliphatic carbocycles. The number of aliphatic hydroxyl groups excluding tert-OH is 1. The molecule has 2 rings (SSSR count). The lowest BCUT2D eigenvalue weighted by atomic mass is 9.85. The summed E-state index contributed by atoms with van der Waals surface area (Å²) < 4.78 is 0. The highest BCUT2D eigenvalue weighted by Gasteiger charge is 2.26. The maximum absolute atomic E-state index is 11.6. The number of carbonyl (C=O) groups excluding carboxylic acids is 1. The Morgan fingerprint density at radius 2 is 1.88 bits per heavy atom. The van der Waals surface area contributed by atoms with Crippen LogP contribution in [0.3, 0.4) is 0 Å². The van der Waals surface area contributed by atoms with Crippen molar-refractivity contribution in [2.45, 2.75) is 50.6 Å². The van der Waals surface area contributed by atoms with Crippen LogP contribution in [0.4, 0.5) is 0 Å². The minimum absolute atomic E-state index is 0. The van der Waals surface area contributed by atoms with Gasteiger partial charge in [-0.15, -0.1) is 12.4 Å². The first-order valence-corrected chi connectivity index (χ1v) is 6.43. The molecule has 0 saturated heterocycles. The number of aliphatic hydroxyl groups is 1. The van der Waals surface area contributed by atoms with Gasteiger partial charge in [0.15, 0.2) is 0 Å². The molecule has 5 heteroatoms. The smallest absolute Gasteiger partial charge is 0.234 e. The van der Waals surface area contributed by atoms with Crippen LogP contribution in [-0.4, -0.2) is 36.2 Å². The number of halogens is 1. The van der Waals surface area contributed by atoms with Gasteiger partial charge in [-0.05, 0) is 25.7 Å². The van der Waals surface area contributed by atoms with E-state index in [0.717, 1.165) is 19.3 Å². The molecule has 2 saturated carbocycles. The molecule has 0 bridgehead atoms. The molecular weight excluding hydrogens is 240 g/mol. The Labute approximate surface area is 109 Å². The summed E-state index contributed by atoms with van der Waals surface area (Å²) in [6, 6.07) is 0.762. The highest BCUT2D eigenvalue weighted by atomic mass is 35.5. The second-order valence-corrected chi connectivity index (χ2v) is 5.06. The Hall–Kier alpha value is -0.320. The first kappa shape index (κ1) is 14.7. The van der Waals surface area contributed by atoms with Gasteiger partial charge < -0.3 is 15.7 Å². The summed E-state index contributed by atoms with van der Waals surface area (Å²) in [5.41, 5.74) is 0. The van der Waals surface area contributed by atoms with Crippen molar-refractivity contribution in [1.82, 2.24) is 10.6 Å². The molecule has 2 fully saturated rings. The average Bonchev–Trinajstić information content (AvgIpc) is 3.11. The van der Waals surface area contributed by atoms with Crippen molar-refractivity contribution in [1.29, 1.82) is 0 Å². The van der Waals surface area contributed by atoms with E-state index in [1.807, 2.05) is 0 Å². The predicted molar refractivity (Wildman–Crippen MR) is 69.2 cm³/mol. The lowest BCUT2D eigenvalue weighted by Gasteiger charge is -2.30. The predicted octanol–water partition coefficient (Wildman–Crippen LogP) is 0.827. The fraction of sp³-hybridized carbons (Fsp3) is 0.917. The van der Waals surface area contributed by atoms with Crippen LogP contribution in [0.15, 0.2) is 0 Å². The Balaban J connectivity index is 0.00000144. The molecule has 2 aliphatic rings. The first-order chi connectivity index (χ1) is 7.79. The average molecular weight is 263 g/mol. The second kappa shape index (κ2) is 7.19. The number of rotatable bonds is 5. The highest BCUT2D eigenvalue weighted by Crippen LogP contribution is 2.24. The first-order valence-electron chi connectivity index (χ1n) is 6.43. The summed E-state index contributed by atoms with van der Waals surface area (Å²) in [5, 5.41) is 15.5. The van der Waals surface area contributed by atoms with Crippen LogP contribution in [0.1, 0.15) is 38.5 Å². The summed E-state index contributed by atoms with van der Waals surface area (Å²) in [7, 11) is 0. The van der Waals surface area contributed by atoms with E-state index < -0.39 is 0 Å². The molecule has 0 heterocycles. The fourth-order valence-electron chi connectivity index (χ4n) is 2.40. The van der Waals surface area contributed by atoms with Crippen molar-refractivity contribution in [2.75, 3.05) is 13.2 Å². The third-order valence-electron chi connectivity index (χ3n) is 3.62. The summed E-state index contributed by atoms with van der Waals surface area (Å²) in [5.74, 6) is 0.343. The van der Waals surface area contributed by atoms with Gasteiger partial charge in [-0.1, -0.05) is 12.8 Å². The largest absolute Gasteiger partial charge is 0.396 e. The minimum atomic E-state index is 0. The van der Waals surface area contributed by atoms with Crippen molar-refractivity contribution < 1.29 is 9.90 Å². The number of carbonyl (C=O) groups is 1. The van der Waals surface area contributed by atoms with Gasteiger partial charge in [0.25, 0.3) is 0 Å². The van der Waals surface area contributed by atoms with Gasteiger partial charge in [0.2, 0.25) is 5.91 Å². The Bertz CT molecular complexity index is 247. The van der Waals surface area contributed by atoms with E-state index in [-0.39, 0.29) is 36.9 Å². The standard InChI is InChI=1S/C12H22N2O2.ClH/c15-8-9-3-1-2-4-11(9)14-12(16)7-13-10-5-6-10;/h9-11,13,15H,1-8H2,(H,14,16);1H. The molecule has 0 aliphatic heterocycles. The molecule has 3 N–H and O–H groups in total. The fourth-order valence-corrected chi connectivity index (χ4v) is 2.40. The number of hydrogen-bond donors (Lipinski definition) is 3. The summed E-state index contributed by atoms with van der Waals surface area (Å²) in [6.45, 7) is 0.625. The van der Waals surface area contributed by atoms with Gasteiger partial charge in [0.1, 0.15) is 0 Å². The Morgan fingerprint density at radius 1 is 1.18 bits per heavy atom. The van der Waals surface area contributed by atoms with E-state index in [2.05, 4.69) is 10.6 Å². The molecule has 0 aromatic carbocycles. The lowest BCUT2D eigenvalue weighted by Crippen LogP contribution is -2.46. The number of hydrogen-bond acceptors (Lipinski definition) is 3. The molecule has 0 aromatic heterocycles. The zero-order chi connectivity index (χ0) is 11.4. The normalized spacial score (nSPS) is 28.3. The topological polar surface area (TPSA) is 61.4 Å². The SMILES string of the molecule is Cl.O=C(CNC1CC1)NC1CCCCC1CO. The van der Waals surface area contributed by atoms with Crippen LogP contribution in [0, 0.1) is 5.92 Å². The molecule has 4 nitrogen and oxygen atoms in total. The number of nitrogens with one attached hydrogen (secondary N) is 2. The van der Waals surface area contributed by atoms with E-state index >= 15 is 0 Å². The molecule has 17 heavy (non-hydrogen) atoms. The molecule has 2 atom stereocenters. The molecule has 100 valence electrons. The van der Waals surface area contributed by atoms with Crippen LogP contribution < -0.4 is 10.6 Å². The van der Waals surface area contributed by atoms with Crippen molar-refractivity contribution in [3.05, 3.63) is 0 Å². The van der Waals surface area contributed by atoms with E-state index in [9.17, 15) is 9.90 Å². The van der Waals surface area contributed by atoms with Gasteiger partial charge >= 0.3 is 0 Å². The zero-order valence-electron chi connectivity index (χ0n) is 10.2. The lowest BCUT2D eigenvalue weighted by molar-refractivity contribution is -0.121. The number of amides is 1. The Kier molecular flexibility index (Phi) is 6.23. The van der Waals surface area contributed by atoms with Gasteiger partial charge in [0.05, 0.1) is 6.54 Å². The van der Waals surface area contributed by atoms with Crippen LogP contribution in [0.5, 0.6) is 0 Å². The monoisotopic (exact) mass is 262 g/mol. The van der Waals surface area contributed by atoms with Crippen molar-refractivity contribution >= 4 is 18.3 Å². The van der Waals surface area contributed by atoms with Gasteiger partial charge in [0, 0.05) is 24.6 Å². The maximum atomic E-state index is 11.6. The van der Waals surface area contributed by atoms with Crippen LogP contribution >= 0.6 is 12.4 Å². The van der Waals surface area contributed by atoms with E-state index in [4.69, 9.17) is 0 Å². The van der Waals surface area contributed by atoms with Gasteiger partial charge in [-0.25, -0.2) is 0 Å². The summed E-state index contributed by atoms with van der Waals surface area (Å²) in [4.78, 5) is 11.6. The molecule has 1 amide bonds. The molecule has 0 spiro atoms. The zero-order valence-corrected chi connectivity index (χ0v) is 11.0. The summed E-state index contributed by atoms with van der Waals surface area (Å²) in [6.07, 6.45) is 6.80. The quantitative estimate of drug-likeness (QED) is 0.688. The molecule has 0 radical (unpaired) electrons. The third kappa shape index (κ3) is 4.82. The molecular formula is C12H23ClN2O2. The van der Waals surface area contributed by atoms with Crippen LogP contribution in [0.2, 0.25) is 0 Å². The second-order valence-electron chi connectivity index (χ2n) is 5.06. The van der Waals surface area contributed by atoms with E-state index in [0.29, 0.717) is 12.6 Å². The molecule has 0 aromatic rings. The van der Waals surface area contributed by atoms with Crippen molar-refractivity contribution in [2.24, 2.45) is 5.92 Å². The van der Waals surface area contributed by atoms with E-state index in [1.54, 1.807) is 0 Å². The van der Waals surface area contributed by atoms with Gasteiger partial charge in [-0.2, -0.15) is 0 Å². The maximum Gasteiger partial charge on any atom is 0.234 e.